The van der Waals surface area contributed by atoms with Gasteiger partial charge in [0.2, 0.25) is 0 Å². The molecule has 0 aliphatic rings. The largest absolute Gasteiger partial charge is 0.493 e. The lowest BCUT2D eigenvalue weighted by Crippen LogP contribution is -2.21. The molecular formula is C26H32N2O3. The van der Waals surface area contributed by atoms with Crippen LogP contribution in [0.15, 0.2) is 42.6 Å². The number of hydrogen-bond donors (Lipinski definition) is 1. The van der Waals surface area contributed by atoms with E-state index in [1.807, 2.05) is 49.4 Å². The predicted octanol–water partition coefficient (Wildman–Crippen LogP) is 5.83. The SMILES string of the molecule is CCCCOc1c(C)c(/C=C/c2cc(OCCC(C)(C)O)ccn2)nc2ccccc12. The highest BCUT2D eigenvalue weighted by Gasteiger charge is 2.13. The molecule has 0 radical (unpaired) electrons. The van der Waals surface area contributed by atoms with E-state index in [9.17, 15) is 5.11 Å². The molecule has 0 saturated carbocycles. The molecule has 1 N–H and O–H groups in total. The summed E-state index contributed by atoms with van der Waals surface area (Å²) in [5.41, 5.74) is 2.83. The Labute approximate surface area is 184 Å². The second-order valence-corrected chi connectivity index (χ2v) is 8.33. The third kappa shape index (κ3) is 6.53. The molecule has 0 saturated heterocycles. The van der Waals surface area contributed by atoms with Crippen molar-refractivity contribution in [3.8, 4) is 11.5 Å². The zero-order valence-electron chi connectivity index (χ0n) is 18.9. The van der Waals surface area contributed by atoms with Crippen molar-refractivity contribution in [3.63, 3.8) is 0 Å². The smallest absolute Gasteiger partial charge is 0.133 e. The molecule has 0 fully saturated rings. The van der Waals surface area contributed by atoms with Gasteiger partial charge in [-0.25, -0.2) is 4.98 Å². The number of aromatic nitrogens is 2. The van der Waals surface area contributed by atoms with Gasteiger partial charge in [0.15, 0.2) is 0 Å². The van der Waals surface area contributed by atoms with Crippen LogP contribution in [0, 0.1) is 6.92 Å². The Morgan fingerprint density at radius 1 is 1.06 bits per heavy atom. The van der Waals surface area contributed by atoms with Crippen molar-refractivity contribution >= 4 is 23.1 Å². The van der Waals surface area contributed by atoms with Gasteiger partial charge in [-0.3, -0.25) is 4.98 Å². The second-order valence-electron chi connectivity index (χ2n) is 8.33. The van der Waals surface area contributed by atoms with Gasteiger partial charge in [-0.05, 0) is 57.5 Å². The minimum atomic E-state index is -0.744. The maximum atomic E-state index is 9.83. The zero-order valence-corrected chi connectivity index (χ0v) is 18.9. The Hall–Kier alpha value is -2.92. The van der Waals surface area contributed by atoms with Crippen LogP contribution in [0.5, 0.6) is 11.5 Å². The number of pyridine rings is 2. The number of unbranched alkanes of at least 4 members (excludes halogenated alkanes) is 1. The molecule has 0 spiro atoms. The van der Waals surface area contributed by atoms with E-state index in [2.05, 4.69) is 18.0 Å². The van der Waals surface area contributed by atoms with Gasteiger partial charge < -0.3 is 14.6 Å². The van der Waals surface area contributed by atoms with E-state index < -0.39 is 5.60 Å². The summed E-state index contributed by atoms with van der Waals surface area (Å²) in [6.07, 6.45) is 8.29. The summed E-state index contributed by atoms with van der Waals surface area (Å²) in [6, 6.07) is 11.8. The fourth-order valence-corrected chi connectivity index (χ4v) is 3.15. The number of hydrogen-bond acceptors (Lipinski definition) is 5. The maximum Gasteiger partial charge on any atom is 0.133 e. The van der Waals surface area contributed by atoms with Crippen LogP contribution in [0.2, 0.25) is 0 Å². The summed E-state index contributed by atoms with van der Waals surface area (Å²) >= 11 is 0. The fourth-order valence-electron chi connectivity index (χ4n) is 3.15. The summed E-state index contributed by atoms with van der Waals surface area (Å²) < 4.78 is 11.9. The number of nitrogens with zero attached hydrogens (tertiary/aromatic N) is 2. The molecule has 0 amide bonds. The Morgan fingerprint density at radius 2 is 1.87 bits per heavy atom. The number of rotatable bonds is 10. The Morgan fingerprint density at radius 3 is 2.65 bits per heavy atom. The van der Waals surface area contributed by atoms with E-state index in [0.717, 1.165) is 52.2 Å². The molecule has 1 aromatic carbocycles. The molecular weight excluding hydrogens is 388 g/mol. The van der Waals surface area contributed by atoms with Crippen molar-refractivity contribution < 1.29 is 14.6 Å². The third-order valence-electron chi connectivity index (χ3n) is 5.01. The number of aliphatic hydroxyl groups is 1. The summed E-state index contributed by atoms with van der Waals surface area (Å²) in [7, 11) is 0. The first kappa shape index (κ1) is 22.8. The molecule has 164 valence electrons. The number of fused-ring (bicyclic) bond motifs is 1. The highest BCUT2D eigenvalue weighted by Crippen LogP contribution is 2.31. The van der Waals surface area contributed by atoms with Crippen LogP contribution >= 0.6 is 0 Å². The quantitative estimate of drug-likeness (QED) is 0.418. The van der Waals surface area contributed by atoms with Crippen molar-refractivity contribution in [2.45, 2.75) is 52.6 Å². The van der Waals surface area contributed by atoms with Crippen LogP contribution in [0.1, 0.15) is 57.0 Å². The molecule has 2 heterocycles. The fraction of sp³-hybridized carbons (Fsp3) is 0.385. The first-order valence-electron chi connectivity index (χ1n) is 10.9. The van der Waals surface area contributed by atoms with Gasteiger partial charge in [-0.1, -0.05) is 25.5 Å². The minimum absolute atomic E-state index is 0.445. The van der Waals surface area contributed by atoms with Gasteiger partial charge in [0.25, 0.3) is 0 Å². The number of benzene rings is 1. The van der Waals surface area contributed by atoms with Crippen LogP contribution in [0.4, 0.5) is 0 Å². The lowest BCUT2D eigenvalue weighted by atomic mass is 10.1. The van der Waals surface area contributed by atoms with Crippen molar-refractivity contribution in [1.82, 2.24) is 9.97 Å². The van der Waals surface area contributed by atoms with Crippen LogP contribution in [0.3, 0.4) is 0 Å². The number of ether oxygens (including phenoxy) is 2. The summed E-state index contributed by atoms with van der Waals surface area (Å²) in [6.45, 7) is 8.89. The standard InChI is InChI=1S/C26H32N2O3/c1-5-6-16-31-25-19(2)23(28-24-10-8-7-9-22(24)25)12-11-20-18-21(13-15-27-20)30-17-14-26(3,4)29/h7-13,15,18,29H,5-6,14,16-17H2,1-4H3/b12-11+. The third-order valence-corrected chi connectivity index (χ3v) is 5.01. The van der Waals surface area contributed by atoms with E-state index in [-0.39, 0.29) is 0 Å². The topological polar surface area (TPSA) is 64.5 Å². The van der Waals surface area contributed by atoms with E-state index >= 15 is 0 Å². The molecule has 2 aromatic heterocycles. The van der Waals surface area contributed by atoms with Gasteiger partial charge in [0.1, 0.15) is 11.5 Å². The highest BCUT2D eigenvalue weighted by atomic mass is 16.5. The molecule has 3 rings (SSSR count). The summed E-state index contributed by atoms with van der Waals surface area (Å²) in [4.78, 5) is 9.24. The summed E-state index contributed by atoms with van der Waals surface area (Å²) in [5.74, 6) is 1.63. The van der Waals surface area contributed by atoms with Crippen LogP contribution in [-0.4, -0.2) is 33.9 Å². The first-order valence-corrected chi connectivity index (χ1v) is 10.9. The molecule has 0 atom stereocenters. The second kappa shape index (κ2) is 10.4. The molecule has 0 aliphatic carbocycles. The maximum absolute atomic E-state index is 9.83. The number of para-hydroxylation sites is 1. The molecule has 31 heavy (non-hydrogen) atoms. The first-order chi connectivity index (χ1) is 14.9. The van der Waals surface area contributed by atoms with Crippen LogP contribution in [-0.2, 0) is 0 Å². The van der Waals surface area contributed by atoms with Gasteiger partial charge in [0.05, 0.1) is 35.7 Å². The molecule has 5 heteroatoms. The monoisotopic (exact) mass is 420 g/mol. The Bertz CT molecular complexity index is 1040. The molecule has 0 aliphatic heterocycles. The highest BCUT2D eigenvalue weighted by molar-refractivity contribution is 5.88. The lowest BCUT2D eigenvalue weighted by molar-refractivity contribution is 0.0553. The average Bonchev–Trinajstić information content (AvgIpc) is 2.73. The van der Waals surface area contributed by atoms with Gasteiger partial charge in [-0.2, -0.15) is 0 Å². The van der Waals surface area contributed by atoms with E-state index in [1.165, 1.54) is 0 Å². The minimum Gasteiger partial charge on any atom is -0.493 e. The van der Waals surface area contributed by atoms with Crippen LogP contribution < -0.4 is 9.47 Å². The normalized spacial score (nSPS) is 11.9. The van der Waals surface area contributed by atoms with Crippen molar-refractivity contribution in [3.05, 3.63) is 59.5 Å². The summed E-state index contributed by atoms with van der Waals surface area (Å²) in [5, 5.41) is 10.9. The molecule has 5 nitrogen and oxygen atoms in total. The van der Waals surface area contributed by atoms with Crippen molar-refractivity contribution in [2.75, 3.05) is 13.2 Å². The Kier molecular flexibility index (Phi) is 7.64. The average molecular weight is 421 g/mol. The van der Waals surface area contributed by atoms with E-state index in [1.54, 1.807) is 20.0 Å². The Balaban J connectivity index is 1.82. The zero-order chi connectivity index (χ0) is 22.3. The van der Waals surface area contributed by atoms with E-state index in [4.69, 9.17) is 14.5 Å². The van der Waals surface area contributed by atoms with Crippen molar-refractivity contribution in [2.24, 2.45) is 0 Å². The van der Waals surface area contributed by atoms with Gasteiger partial charge in [0, 0.05) is 29.6 Å². The van der Waals surface area contributed by atoms with E-state index in [0.29, 0.717) is 19.6 Å². The lowest BCUT2D eigenvalue weighted by Gasteiger charge is -2.17. The van der Waals surface area contributed by atoms with Gasteiger partial charge in [-0.15, -0.1) is 0 Å². The van der Waals surface area contributed by atoms with Gasteiger partial charge >= 0.3 is 0 Å². The molecule has 0 bridgehead atoms. The predicted molar refractivity (Wildman–Crippen MR) is 126 cm³/mol. The molecule has 3 aromatic rings. The molecule has 0 unspecified atom stereocenters. The van der Waals surface area contributed by atoms with Crippen molar-refractivity contribution in [1.29, 1.82) is 0 Å². The van der Waals surface area contributed by atoms with Crippen LogP contribution in [0.25, 0.3) is 23.1 Å².